The second-order valence-electron chi connectivity index (χ2n) is 5.34. The summed E-state index contributed by atoms with van der Waals surface area (Å²) in [5.74, 6) is 0.0792. The van der Waals surface area contributed by atoms with Crippen molar-refractivity contribution in [2.45, 2.75) is 44.6 Å². The van der Waals surface area contributed by atoms with E-state index in [-0.39, 0.29) is 0 Å². The van der Waals surface area contributed by atoms with Crippen LogP contribution in [0.4, 0.5) is 0 Å². The summed E-state index contributed by atoms with van der Waals surface area (Å²) >= 11 is 0. The van der Waals surface area contributed by atoms with Gasteiger partial charge in [0.15, 0.2) is 0 Å². The first-order valence-corrected chi connectivity index (χ1v) is 6.75. The van der Waals surface area contributed by atoms with E-state index in [1.54, 1.807) is 0 Å². The van der Waals surface area contributed by atoms with E-state index in [1.807, 2.05) is 0 Å². The van der Waals surface area contributed by atoms with Gasteiger partial charge in [0.05, 0.1) is 0 Å². The molecule has 0 bridgehead atoms. The van der Waals surface area contributed by atoms with E-state index in [9.17, 15) is 9.90 Å². The highest BCUT2D eigenvalue weighted by Crippen LogP contribution is 2.35. The van der Waals surface area contributed by atoms with Gasteiger partial charge in [-0.25, -0.2) is 0 Å². The largest absolute Gasteiger partial charge is 0.480 e. The monoisotopic (exact) mass is 241 g/mol. The van der Waals surface area contributed by atoms with Crippen LogP contribution in [0.5, 0.6) is 0 Å². The lowest BCUT2D eigenvalue weighted by Crippen LogP contribution is -2.58. The molecule has 98 valence electrons. The molecule has 0 aromatic carbocycles. The fourth-order valence-corrected chi connectivity index (χ4v) is 2.74. The highest BCUT2D eigenvalue weighted by molar-refractivity contribution is 5.79. The van der Waals surface area contributed by atoms with Crippen molar-refractivity contribution in [3.63, 3.8) is 0 Å². The SMILES string of the molecule is CCCN(CC1CC1)C1(C(=O)O)CCOCC1. The van der Waals surface area contributed by atoms with Crippen molar-refractivity contribution in [3.05, 3.63) is 0 Å². The number of aliphatic carboxylic acids is 1. The maximum absolute atomic E-state index is 11.7. The molecule has 1 N–H and O–H groups in total. The molecular formula is C13H23NO3. The molecule has 0 amide bonds. The van der Waals surface area contributed by atoms with Gasteiger partial charge in [-0.1, -0.05) is 6.92 Å². The van der Waals surface area contributed by atoms with E-state index in [0.29, 0.717) is 26.1 Å². The van der Waals surface area contributed by atoms with E-state index in [1.165, 1.54) is 12.8 Å². The molecule has 1 aliphatic heterocycles. The number of hydrogen-bond acceptors (Lipinski definition) is 3. The van der Waals surface area contributed by atoms with Crippen molar-refractivity contribution >= 4 is 5.97 Å². The minimum atomic E-state index is -0.658. The molecule has 1 heterocycles. The third-order valence-electron chi connectivity index (χ3n) is 3.99. The normalized spacial score (nSPS) is 23.9. The van der Waals surface area contributed by atoms with Crippen molar-refractivity contribution in [2.24, 2.45) is 5.92 Å². The lowest BCUT2D eigenvalue weighted by molar-refractivity contribution is -0.159. The van der Waals surface area contributed by atoms with Gasteiger partial charge in [0.25, 0.3) is 0 Å². The summed E-state index contributed by atoms with van der Waals surface area (Å²) in [6.45, 7) is 5.13. The summed E-state index contributed by atoms with van der Waals surface area (Å²) in [5, 5.41) is 9.62. The van der Waals surface area contributed by atoms with Gasteiger partial charge in [0.2, 0.25) is 0 Å². The van der Waals surface area contributed by atoms with Crippen molar-refractivity contribution in [1.82, 2.24) is 4.90 Å². The van der Waals surface area contributed by atoms with Gasteiger partial charge >= 0.3 is 5.97 Å². The molecule has 0 atom stereocenters. The molecule has 2 rings (SSSR count). The van der Waals surface area contributed by atoms with Gasteiger partial charge in [-0.3, -0.25) is 9.69 Å². The number of rotatable bonds is 6. The van der Waals surface area contributed by atoms with Crippen molar-refractivity contribution < 1.29 is 14.6 Å². The molecule has 4 heteroatoms. The van der Waals surface area contributed by atoms with Gasteiger partial charge in [0, 0.05) is 19.8 Å². The first-order chi connectivity index (χ1) is 8.19. The van der Waals surface area contributed by atoms with Gasteiger partial charge in [-0.05, 0) is 44.6 Å². The van der Waals surface area contributed by atoms with E-state index in [0.717, 1.165) is 25.4 Å². The van der Waals surface area contributed by atoms with Gasteiger partial charge in [-0.15, -0.1) is 0 Å². The predicted octanol–water partition coefficient (Wildman–Crippen LogP) is 1.74. The maximum Gasteiger partial charge on any atom is 0.324 e. The van der Waals surface area contributed by atoms with Crippen LogP contribution in [-0.2, 0) is 9.53 Å². The molecule has 0 radical (unpaired) electrons. The van der Waals surface area contributed by atoms with E-state index < -0.39 is 11.5 Å². The fraction of sp³-hybridized carbons (Fsp3) is 0.923. The van der Waals surface area contributed by atoms with Crippen LogP contribution < -0.4 is 0 Å². The Labute approximate surface area is 103 Å². The average Bonchev–Trinajstić information content (AvgIpc) is 3.13. The Bertz CT molecular complexity index is 270. The third kappa shape index (κ3) is 2.80. The zero-order valence-electron chi connectivity index (χ0n) is 10.7. The van der Waals surface area contributed by atoms with Crippen LogP contribution in [0, 0.1) is 5.92 Å². The summed E-state index contributed by atoms with van der Waals surface area (Å²) in [4.78, 5) is 13.9. The summed E-state index contributed by atoms with van der Waals surface area (Å²) < 4.78 is 5.33. The first kappa shape index (κ1) is 12.8. The third-order valence-corrected chi connectivity index (χ3v) is 3.99. The topological polar surface area (TPSA) is 49.8 Å². The first-order valence-electron chi connectivity index (χ1n) is 6.75. The predicted molar refractivity (Wildman–Crippen MR) is 65.0 cm³/mol. The molecule has 4 nitrogen and oxygen atoms in total. The Hall–Kier alpha value is -0.610. The Morgan fingerprint density at radius 2 is 2.06 bits per heavy atom. The number of carbonyl (C=O) groups is 1. The molecule has 1 saturated carbocycles. The highest BCUT2D eigenvalue weighted by Gasteiger charge is 2.46. The van der Waals surface area contributed by atoms with Crippen LogP contribution in [-0.4, -0.2) is 47.8 Å². The summed E-state index contributed by atoms with van der Waals surface area (Å²) in [5.41, 5.74) is -0.656. The van der Waals surface area contributed by atoms with E-state index >= 15 is 0 Å². The molecule has 0 spiro atoms. The Balaban J connectivity index is 2.11. The molecule has 2 aliphatic rings. The van der Waals surface area contributed by atoms with Crippen LogP contribution in [0.15, 0.2) is 0 Å². The van der Waals surface area contributed by atoms with Crippen molar-refractivity contribution in [2.75, 3.05) is 26.3 Å². The lowest BCUT2D eigenvalue weighted by Gasteiger charge is -2.43. The molecule has 2 fully saturated rings. The molecule has 1 saturated heterocycles. The molecule has 1 aliphatic carbocycles. The number of carboxylic acids is 1. The Morgan fingerprint density at radius 3 is 2.53 bits per heavy atom. The van der Waals surface area contributed by atoms with Crippen LogP contribution in [0.1, 0.15) is 39.0 Å². The Morgan fingerprint density at radius 1 is 1.41 bits per heavy atom. The van der Waals surface area contributed by atoms with Crippen LogP contribution >= 0.6 is 0 Å². The summed E-state index contributed by atoms with van der Waals surface area (Å²) in [7, 11) is 0. The molecule has 0 unspecified atom stereocenters. The van der Waals surface area contributed by atoms with Crippen LogP contribution in [0.3, 0.4) is 0 Å². The molecular weight excluding hydrogens is 218 g/mol. The number of ether oxygens (including phenoxy) is 1. The summed E-state index contributed by atoms with van der Waals surface area (Å²) in [6, 6.07) is 0. The standard InChI is InChI=1S/C13H23NO3/c1-2-7-14(10-11-3-4-11)13(12(15)16)5-8-17-9-6-13/h11H,2-10H2,1H3,(H,15,16). The molecule has 0 aromatic heterocycles. The van der Waals surface area contributed by atoms with Crippen molar-refractivity contribution in [1.29, 1.82) is 0 Å². The fourth-order valence-electron chi connectivity index (χ4n) is 2.74. The van der Waals surface area contributed by atoms with Crippen LogP contribution in [0.25, 0.3) is 0 Å². The molecule has 17 heavy (non-hydrogen) atoms. The lowest BCUT2D eigenvalue weighted by atomic mass is 9.87. The Kier molecular flexibility index (Phi) is 4.05. The molecule has 0 aromatic rings. The highest BCUT2D eigenvalue weighted by atomic mass is 16.5. The minimum absolute atomic E-state index is 0.581. The zero-order valence-corrected chi connectivity index (χ0v) is 10.7. The summed E-state index contributed by atoms with van der Waals surface area (Å²) in [6.07, 6.45) is 4.82. The van der Waals surface area contributed by atoms with Gasteiger partial charge in [0.1, 0.15) is 5.54 Å². The second-order valence-corrected chi connectivity index (χ2v) is 5.34. The average molecular weight is 241 g/mol. The smallest absolute Gasteiger partial charge is 0.324 e. The maximum atomic E-state index is 11.7. The van der Waals surface area contributed by atoms with E-state index in [4.69, 9.17) is 4.74 Å². The van der Waals surface area contributed by atoms with Gasteiger partial charge in [-0.2, -0.15) is 0 Å². The number of carboxylic acid groups (broad SMARTS) is 1. The minimum Gasteiger partial charge on any atom is -0.480 e. The number of hydrogen-bond donors (Lipinski definition) is 1. The van der Waals surface area contributed by atoms with Crippen LogP contribution in [0.2, 0.25) is 0 Å². The zero-order chi connectivity index (χ0) is 12.3. The second kappa shape index (κ2) is 5.36. The van der Waals surface area contributed by atoms with Gasteiger partial charge < -0.3 is 9.84 Å². The number of nitrogens with zero attached hydrogens (tertiary/aromatic N) is 1. The quantitative estimate of drug-likeness (QED) is 0.769. The van der Waals surface area contributed by atoms with E-state index in [2.05, 4.69) is 11.8 Å². The van der Waals surface area contributed by atoms with Crippen molar-refractivity contribution in [3.8, 4) is 0 Å².